The zero-order chi connectivity index (χ0) is 20.1. The van der Waals surface area contributed by atoms with E-state index >= 15 is 0 Å². The van der Waals surface area contributed by atoms with Gasteiger partial charge in [0.2, 0.25) is 0 Å². The van der Waals surface area contributed by atoms with Gasteiger partial charge in [-0.05, 0) is 42.8 Å². The molecular weight excluding hydrogens is 392 g/mol. The Morgan fingerprint density at radius 1 is 1.25 bits per heavy atom. The maximum absolute atomic E-state index is 12.7. The summed E-state index contributed by atoms with van der Waals surface area (Å²) in [6.45, 7) is 2.62. The van der Waals surface area contributed by atoms with Gasteiger partial charge in [-0.1, -0.05) is 53.8 Å². The molecule has 144 valence electrons. The number of carbonyl (C=O) groups excluding carboxylic acids is 2. The lowest BCUT2D eigenvalue weighted by atomic mass is 10.1. The zero-order valence-corrected chi connectivity index (χ0v) is 17.2. The molecule has 1 aliphatic rings. The van der Waals surface area contributed by atoms with Crippen molar-refractivity contribution in [2.45, 2.75) is 6.92 Å². The van der Waals surface area contributed by atoms with Crippen LogP contribution in [0, 0.1) is 6.92 Å². The van der Waals surface area contributed by atoms with Crippen LogP contribution in [-0.2, 0) is 4.79 Å². The highest BCUT2D eigenvalue weighted by Crippen LogP contribution is 2.32. The molecule has 1 heterocycles. The van der Waals surface area contributed by atoms with Gasteiger partial charge in [-0.25, -0.2) is 0 Å². The second kappa shape index (κ2) is 9.03. The van der Waals surface area contributed by atoms with Gasteiger partial charge in [-0.15, -0.1) is 0 Å². The molecule has 1 aliphatic heterocycles. The van der Waals surface area contributed by atoms with Crippen LogP contribution >= 0.6 is 24.0 Å². The van der Waals surface area contributed by atoms with Gasteiger partial charge in [0.05, 0.1) is 12.0 Å². The highest BCUT2D eigenvalue weighted by Gasteiger charge is 2.31. The number of nitrogens with zero attached hydrogens (tertiary/aromatic N) is 1. The molecule has 0 spiro atoms. The van der Waals surface area contributed by atoms with Gasteiger partial charge in [0.1, 0.15) is 10.1 Å². The van der Waals surface area contributed by atoms with Gasteiger partial charge in [0.25, 0.3) is 11.8 Å². The van der Waals surface area contributed by atoms with E-state index in [4.69, 9.17) is 17.0 Å². The molecule has 1 saturated heterocycles. The van der Waals surface area contributed by atoms with Crippen LogP contribution in [-0.4, -0.2) is 41.2 Å². The maximum atomic E-state index is 12.7. The van der Waals surface area contributed by atoms with Crippen LogP contribution in [0.3, 0.4) is 0 Å². The molecule has 7 heteroatoms. The van der Waals surface area contributed by atoms with E-state index in [1.165, 1.54) is 16.7 Å². The van der Waals surface area contributed by atoms with Crippen LogP contribution in [0.1, 0.15) is 21.5 Å². The normalized spacial score (nSPS) is 15.2. The van der Waals surface area contributed by atoms with Crippen LogP contribution in [0.5, 0.6) is 5.75 Å². The minimum atomic E-state index is -0.169. The minimum absolute atomic E-state index is 0.151. The quantitative estimate of drug-likeness (QED) is 0.580. The Kier molecular flexibility index (Phi) is 6.49. The third kappa shape index (κ3) is 4.79. The van der Waals surface area contributed by atoms with Crippen molar-refractivity contribution in [3.05, 3.63) is 70.1 Å². The average molecular weight is 413 g/mol. The van der Waals surface area contributed by atoms with Gasteiger partial charge in [-0.2, -0.15) is 0 Å². The minimum Gasteiger partial charge on any atom is -0.497 e. The topological polar surface area (TPSA) is 58.6 Å². The van der Waals surface area contributed by atoms with E-state index in [9.17, 15) is 9.59 Å². The van der Waals surface area contributed by atoms with Crippen molar-refractivity contribution in [2.75, 3.05) is 20.2 Å². The second-order valence-electron chi connectivity index (χ2n) is 6.23. The van der Waals surface area contributed by atoms with Crippen molar-refractivity contribution in [3.63, 3.8) is 0 Å². The van der Waals surface area contributed by atoms with Crippen molar-refractivity contribution >= 4 is 46.2 Å². The Bertz CT molecular complexity index is 939. The van der Waals surface area contributed by atoms with E-state index in [1.54, 1.807) is 25.3 Å². The SMILES string of the molecule is COc1cccc(/C=C2/SC(=S)N(CCNC(=O)c3ccc(C)cc3)C2=O)c1. The third-order valence-electron chi connectivity index (χ3n) is 4.20. The maximum Gasteiger partial charge on any atom is 0.266 e. The summed E-state index contributed by atoms with van der Waals surface area (Å²) in [5, 5.41) is 2.83. The number of ether oxygens (including phenoxy) is 1. The van der Waals surface area contributed by atoms with Crippen LogP contribution in [0.2, 0.25) is 0 Å². The summed E-state index contributed by atoms with van der Waals surface area (Å²) < 4.78 is 5.70. The third-order valence-corrected chi connectivity index (χ3v) is 5.58. The van der Waals surface area contributed by atoms with Gasteiger partial charge in [0.15, 0.2) is 0 Å². The first kappa shape index (κ1) is 20.1. The van der Waals surface area contributed by atoms with Crippen LogP contribution in [0.15, 0.2) is 53.4 Å². The van der Waals surface area contributed by atoms with E-state index in [-0.39, 0.29) is 11.8 Å². The number of thiocarbonyl (C=S) groups is 1. The lowest BCUT2D eigenvalue weighted by molar-refractivity contribution is -0.122. The molecular formula is C21H20N2O3S2. The van der Waals surface area contributed by atoms with Gasteiger partial charge >= 0.3 is 0 Å². The summed E-state index contributed by atoms with van der Waals surface area (Å²) in [6, 6.07) is 14.8. The molecule has 0 bridgehead atoms. The van der Waals surface area contributed by atoms with Gasteiger partial charge in [0, 0.05) is 18.7 Å². The zero-order valence-electron chi connectivity index (χ0n) is 15.6. The lowest BCUT2D eigenvalue weighted by Crippen LogP contribution is -2.37. The van der Waals surface area contributed by atoms with Crippen LogP contribution < -0.4 is 10.1 Å². The molecule has 0 radical (unpaired) electrons. The first-order valence-corrected chi connectivity index (χ1v) is 9.94. The molecule has 2 aromatic carbocycles. The molecule has 0 aromatic heterocycles. The number of thioether (sulfide) groups is 1. The first-order valence-electron chi connectivity index (χ1n) is 8.72. The molecule has 1 fully saturated rings. The Labute approximate surface area is 173 Å². The molecule has 3 rings (SSSR count). The van der Waals surface area contributed by atoms with E-state index in [1.807, 2.05) is 43.3 Å². The van der Waals surface area contributed by atoms with Gasteiger partial charge in [-0.3, -0.25) is 14.5 Å². The number of hydrogen-bond donors (Lipinski definition) is 1. The van der Waals surface area contributed by atoms with Crippen molar-refractivity contribution in [1.82, 2.24) is 10.2 Å². The Morgan fingerprint density at radius 3 is 2.71 bits per heavy atom. The summed E-state index contributed by atoms with van der Waals surface area (Å²) >= 11 is 6.60. The average Bonchev–Trinajstić information content (AvgIpc) is 2.96. The molecule has 0 aliphatic carbocycles. The Morgan fingerprint density at radius 2 is 2.00 bits per heavy atom. The molecule has 2 amide bonds. The fourth-order valence-corrected chi connectivity index (χ4v) is 3.97. The number of rotatable bonds is 6. The number of nitrogens with one attached hydrogen (secondary N) is 1. The smallest absolute Gasteiger partial charge is 0.266 e. The molecule has 0 atom stereocenters. The van der Waals surface area contributed by atoms with Crippen molar-refractivity contribution < 1.29 is 14.3 Å². The highest BCUT2D eigenvalue weighted by atomic mass is 32.2. The summed E-state index contributed by atoms with van der Waals surface area (Å²) in [7, 11) is 1.60. The summed E-state index contributed by atoms with van der Waals surface area (Å²) in [5.41, 5.74) is 2.55. The molecule has 28 heavy (non-hydrogen) atoms. The van der Waals surface area contributed by atoms with Crippen molar-refractivity contribution in [1.29, 1.82) is 0 Å². The Hall–Kier alpha value is -2.64. The molecule has 1 N–H and O–H groups in total. The first-order chi connectivity index (χ1) is 13.5. The molecule has 0 saturated carbocycles. The van der Waals surface area contributed by atoms with E-state index < -0.39 is 0 Å². The summed E-state index contributed by atoms with van der Waals surface area (Å²) in [4.78, 5) is 26.9. The number of hydrogen-bond acceptors (Lipinski definition) is 5. The lowest BCUT2D eigenvalue weighted by Gasteiger charge is -2.14. The molecule has 2 aromatic rings. The predicted octanol–water partition coefficient (Wildman–Crippen LogP) is 3.63. The van der Waals surface area contributed by atoms with E-state index in [0.29, 0.717) is 27.9 Å². The fraction of sp³-hybridized carbons (Fsp3) is 0.190. The molecule has 5 nitrogen and oxygen atoms in total. The van der Waals surface area contributed by atoms with Gasteiger partial charge < -0.3 is 10.1 Å². The Balaban J connectivity index is 1.60. The van der Waals surface area contributed by atoms with Crippen LogP contribution in [0.25, 0.3) is 6.08 Å². The largest absolute Gasteiger partial charge is 0.497 e. The number of methoxy groups -OCH3 is 1. The number of benzene rings is 2. The number of carbonyl (C=O) groups is 2. The highest BCUT2D eigenvalue weighted by molar-refractivity contribution is 8.26. The van der Waals surface area contributed by atoms with Crippen LogP contribution in [0.4, 0.5) is 0 Å². The molecule has 0 unspecified atom stereocenters. The van der Waals surface area contributed by atoms with Crippen molar-refractivity contribution in [2.24, 2.45) is 0 Å². The monoisotopic (exact) mass is 412 g/mol. The van der Waals surface area contributed by atoms with E-state index in [0.717, 1.165) is 16.9 Å². The summed E-state index contributed by atoms with van der Waals surface area (Å²) in [5.74, 6) is 0.405. The summed E-state index contributed by atoms with van der Waals surface area (Å²) in [6.07, 6.45) is 1.80. The second-order valence-corrected chi connectivity index (χ2v) is 7.91. The number of amides is 2. The predicted molar refractivity (Wildman–Crippen MR) is 116 cm³/mol. The number of aryl methyl sites for hydroxylation is 1. The fourth-order valence-electron chi connectivity index (χ4n) is 2.66. The van der Waals surface area contributed by atoms with Crippen molar-refractivity contribution in [3.8, 4) is 5.75 Å². The standard InChI is InChI=1S/C21H20N2O3S2/c1-14-6-8-16(9-7-14)19(24)22-10-11-23-20(25)18(28-21(23)27)13-15-4-3-5-17(12-15)26-2/h3-9,12-13H,10-11H2,1-2H3,(H,22,24)/b18-13+. The van der Waals surface area contributed by atoms with E-state index in [2.05, 4.69) is 5.32 Å².